The quantitative estimate of drug-likeness (QED) is 0.671. The van der Waals surface area contributed by atoms with Gasteiger partial charge in [-0.05, 0) is 61.7 Å². The molecule has 0 aliphatic rings. The van der Waals surface area contributed by atoms with Crippen molar-refractivity contribution in [3.8, 4) is 0 Å². The lowest BCUT2D eigenvalue weighted by Crippen LogP contribution is -2.24. The Kier molecular flexibility index (Phi) is 5.72. The molecule has 0 aliphatic carbocycles. The van der Waals surface area contributed by atoms with Crippen LogP contribution in [0.1, 0.15) is 32.9 Å². The van der Waals surface area contributed by atoms with Gasteiger partial charge in [-0.3, -0.25) is 4.79 Å². The van der Waals surface area contributed by atoms with Crippen molar-refractivity contribution in [2.75, 3.05) is 5.32 Å². The minimum absolute atomic E-state index is 0.274. The average Bonchev–Trinajstić information content (AvgIpc) is 2.59. The monoisotopic (exact) mass is 380 g/mol. The molecule has 0 atom stereocenters. The fraction of sp³-hybridized carbons (Fsp3) is 0.190. The SMILES string of the molecule is Cc1cc(C)cc(Nc2nc(C)cc(C(=O)NCc3ccccc3Cl)n2)c1. The number of aryl methyl sites for hydroxylation is 3. The van der Waals surface area contributed by atoms with Crippen molar-refractivity contribution in [1.29, 1.82) is 0 Å². The van der Waals surface area contributed by atoms with Crippen molar-refractivity contribution in [2.45, 2.75) is 27.3 Å². The molecule has 6 heteroatoms. The van der Waals surface area contributed by atoms with Crippen LogP contribution in [0, 0.1) is 20.8 Å². The van der Waals surface area contributed by atoms with E-state index in [0.29, 0.717) is 28.9 Å². The van der Waals surface area contributed by atoms with Crippen molar-refractivity contribution in [2.24, 2.45) is 0 Å². The second-order valence-electron chi connectivity index (χ2n) is 6.49. The molecule has 5 nitrogen and oxygen atoms in total. The minimum Gasteiger partial charge on any atom is -0.347 e. The predicted molar refractivity (Wildman–Crippen MR) is 109 cm³/mol. The number of halogens is 1. The van der Waals surface area contributed by atoms with Crippen LogP contribution in [0.4, 0.5) is 11.6 Å². The van der Waals surface area contributed by atoms with Crippen molar-refractivity contribution >= 4 is 29.1 Å². The number of benzene rings is 2. The molecule has 1 aromatic heterocycles. The summed E-state index contributed by atoms with van der Waals surface area (Å²) in [7, 11) is 0. The highest BCUT2D eigenvalue weighted by Gasteiger charge is 2.11. The molecule has 138 valence electrons. The maximum atomic E-state index is 12.5. The lowest BCUT2D eigenvalue weighted by molar-refractivity contribution is 0.0946. The molecular weight excluding hydrogens is 360 g/mol. The third-order valence-corrected chi connectivity index (χ3v) is 4.33. The molecule has 0 unspecified atom stereocenters. The number of hydrogen-bond acceptors (Lipinski definition) is 4. The zero-order chi connectivity index (χ0) is 19.4. The summed E-state index contributed by atoms with van der Waals surface area (Å²) >= 11 is 6.13. The molecule has 0 saturated heterocycles. The molecule has 0 spiro atoms. The zero-order valence-corrected chi connectivity index (χ0v) is 16.3. The first-order valence-electron chi connectivity index (χ1n) is 8.63. The molecule has 3 rings (SSSR count). The Labute approximate surface area is 163 Å². The molecule has 0 bridgehead atoms. The van der Waals surface area contributed by atoms with E-state index in [1.807, 2.05) is 51.1 Å². The Bertz CT molecular complexity index is 967. The number of carbonyl (C=O) groups excluding carboxylic acids is 1. The minimum atomic E-state index is -0.274. The van der Waals surface area contributed by atoms with Gasteiger partial charge in [0.05, 0.1) is 0 Å². The summed E-state index contributed by atoms with van der Waals surface area (Å²) in [5, 5.41) is 6.65. The first-order chi connectivity index (χ1) is 12.9. The van der Waals surface area contributed by atoms with Crippen molar-refractivity contribution < 1.29 is 4.79 Å². The Morgan fingerprint density at radius 3 is 2.41 bits per heavy atom. The number of hydrogen-bond donors (Lipinski definition) is 2. The van der Waals surface area contributed by atoms with Gasteiger partial charge < -0.3 is 10.6 Å². The lowest BCUT2D eigenvalue weighted by atomic mass is 10.1. The van der Waals surface area contributed by atoms with Crippen LogP contribution in [0.2, 0.25) is 5.02 Å². The zero-order valence-electron chi connectivity index (χ0n) is 15.5. The van der Waals surface area contributed by atoms with E-state index in [2.05, 4.69) is 26.7 Å². The van der Waals surface area contributed by atoms with Crippen molar-refractivity contribution in [3.05, 3.63) is 81.6 Å². The average molecular weight is 381 g/mol. The highest BCUT2D eigenvalue weighted by Crippen LogP contribution is 2.18. The van der Waals surface area contributed by atoms with E-state index in [4.69, 9.17) is 11.6 Å². The first kappa shape index (κ1) is 18.9. The van der Waals surface area contributed by atoms with Crippen LogP contribution in [0.5, 0.6) is 0 Å². The molecule has 1 amide bonds. The molecule has 0 radical (unpaired) electrons. The molecular formula is C21H21ClN4O. The van der Waals surface area contributed by atoms with Gasteiger partial charge in [0.1, 0.15) is 5.69 Å². The number of amides is 1. The highest BCUT2D eigenvalue weighted by atomic mass is 35.5. The summed E-state index contributed by atoms with van der Waals surface area (Å²) in [5.74, 6) is 0.117. The number of rotatable bonds is 5. The number of anilines is 2. The highest BCUT2D eigenvalue weighted by molar-refractivity contribution is 6.31. The van der Waals surface area contributed by atoms with Crippen LogP contribution in [0.15, 0.2) is 48.5 Å². The Balaban J connectivity index is 1.76. The standard InChI is InChI=1S/C21H21ClN4O/c1-13-8-14(2)10-17(9-13)25-21-24-15(3)11-19(26-21)20(27)23-12-16-6-4-5-7-18(16)22/h4-11H,12H2,1-3H3,(H,23,27)(H,24,25,26). The fourth-order valence-electron chi connectivity index (χ4n) is 2.82. The van der Waals surface area contributed by atoms with Crippen LogP contribution in [-0.4, -0.2) is 15.9 Å². The van der Waals surface area contributed by atoms with E-state index in [9.17, 15) is 4.79 Å². The number of nitrogens with one attached hydrogen (secondary N) is 2. The smallest absolute Gasteiger partial charge is 0.270 e. The second-order valence-corrected chi connectivity index (χ2v) is 6.90. The van der Waals surface area contributed by atoms with E-state index in [0.717, 1.165) is 22.4 Å². The van der Waals surface area contributed by atoms with Crippen LogP contribution in [0.3, 0.4) is 0 Å². The number of nitrogens with zero attached hydrogens (tertiary/aromatic N) is 2. The van der Waals surface area contributed by atoms with E-state index < -0.39 is 0 Å². The number of aromatic nitrogens is 2. The third kappa shape index (κ3) is 5.05. The molecule has 0 fully saturated rings. The maximum absolute atomic E-state index is 12.5. The Morgan fingerprint density at radius 2 is 1.70 bits per heavy atom. The summed E-state index contributed by atoms with van der Waals surface area (Å²) in [6.45, 7) is 6.23. The summed E-state index contributed by atoms with van der Waals surface area (Å²) in [5.41, 5.74) is 5.04. The Hall–Kier alpha value is -2.92. The van der Waals surface area contributed by atoms with Gasteiger partial charge in [-0.2, -0.15) is 0 Å². The van der Waals surface area contributed by atoms with Gasteiger partial charge in [0.25, 0.3) is 5.91 Å². The predicted octanol–water partition coefficient (Wildman–Crippen LogP) is 4.73. The van der Waals surface area contributed by atoms with Gasteiger partial charge in [-0.1, -0.05) is 35.9 Å². The normalized spacial score (nSPS) is 10.5. The molecule has 3 aromatic rings. The summed E-state index contributed by atoms with van der Waals surface area (Å²) in [6, 6.07) is 15.2. The summed E-state index contributed by atoms with van der Waals surface area (Å²) in [6.07, 6.45) is 0. The largest absolute Gasteiger partial charge is 0.347 e. The third-order valence-electron chi connectivity index (χ3n) is 3.96. The van der Waals surface area contributed by atoms with Crippen LogP contribution >= 0.6 is 11.6 Å². The summed E-state index contributed by atoms with van der Waals surface area (Å²) < 4.78 is 0. The molecule has 1 heterocycles. The topological polar surface area (TPSA) is 66.9 Å². The van der Waals surface area contributed by atoms with Crippen LogP contribution in [0.25, 0.3) is 0 Å². The fourth-order valence-corrected chi connectivity index (χ4v) is 3.03. The second kappa shape index (κ2) is 8.18. The molecule has 0 aliphatic heterocycles. The van der Waals surface area contributed by atoms with E-state index >= 15 is 0 Å². The van der Waals surface area contributed by atoms with E-state index in [-0.39, 0.29) is 5.91 Å². The van der Waals surface area contributed by atoms with E-state index in [1.165, 1.54) is 0 Å². The molecule has 2 aromatic carbocycles. The maximum Gasteiger partial charge on any atom is 0.270 e. The van der Waals surface area contributed by atoms with Crippen molar-refractivity contribution in [1.82, 2.24) is 15.3 Å². The van der Waals surface area contributed by atoms with Crippen molar-refractivity contribution in [3.63, 3.8) is 0 Å². The molecule has 0 saturated carbocycles. The first-order valence-corrected chi connectivity index (χ1v) is 9.01. The van der Waals surface area contributed by atoms with Gasteiger partial charge >= 0.3 is 0 Å². The van der Waals surface area contributed by atoms with Gasteiger partial charge in [0.15, 0.2) is 0 Å². The Morgan fingerprint density at radius 1 is 1.00 bits per heavy atom. The van der Waals surface area contributed by atoms with Gasteiger partial charge in [-0.15, -0.1) is 0 Å². The molecule has 27 heavy (non-hydrogen) atoms. The summed E-state index contributed by atoms with van der Waals surface area (Å²) in [4.78, 5) is 21.3. The van der Waals surface area contributed by atoms with Gasteiger partial charge in [-0.25, -0.2) is 9.97 Å². The van der Waals surface area contributed by atoms with Gasteiger partial charge in [0.2, 0.25) is 5.95 Å². The lowest BCUT2D eigenvalue weighted by Gasteiger charge is -2.10. The van der Waals surface area contributed by atoms with Crippen LogP contribution < -0.4 is 10.6 Å². The molecule has 2 N–H and O–H groups in total. The van der Waals surface area contributed by atoms with Crippen LogP contribution in [-0.2, 0) is 6.54 Å². The van der Waals surface area contributed by atoms with Gasteiger partial charge in [0, 0.05) is 22.9 Å². The number of carbonyl (C=O) groups is 1. The van der Waals surface area contributed by atoms with E-state index in [1.54, 1.807) is 12.1 Å².